The molecule has 6 rings (SSSR count). The standard InChI is InChI=1S/C10H7N3.C9H4N4O/c1-2-4-9-7(3-1)8-5-11-6-12-10(8)13-9;14-9-11-4-6-5-2-1-3-10-7(5)12-8(6)13-9/h1-5H,6H2;1-4H. The molecule has 0 atom stereocenters. The van der Waals surface area contributed by atoms with Crippen LogP contribution >= 0.6 is 0 Å². The van der Waals surface area contributed by atoms with Crippen LogP contribution in [0.25, 0.3) is 11.1 Å². The molecule has 27 heavy (non-hydrogen) atoms. The molecular weight excluding hydrogens is 342 g/mol. The molecule has 0 aliphatic carbocycles. The van der Waals surface area contributed by atoms with E-state index in [9.17, 15) is 4.79 Å². The van der Waals surface area contributed by atoms with Crippen LogP contribution in [0.2, 0.25) is 0 Å². The van der Waals surface area contributed by atoms with Crippen molar-refractivity contribution in [1.82, 2.24) is 4.98 Å². The predicted molar refractivity (Wildman–Crippen MR) is 101 cm³/mol. The van der Waals surface area contributed by atoms with Crippen molar-refractivity contribution in [2.45, 2.75) is 0 Å². The highest BCUT2D eigenvalue weighted by molar-refractivity contribution is 6.41. The Bertz CT molecular complexity index is 1360. The van der Waals surface area contributed by atoms with Crippen molar-refractivity contribution >= 4 is 41.3 Å². The lowest BCUT2D eigenvalue weighted by molar-refractivity contribution is 0.257. The number of amidine groups is 2. The van der Waals surface area contributed by atoms with Crippen LogP contribution in [0.4, 0.5) is 4.79 Å². The van der Waals surface area contributed by atoms with Crippen molar-refractivity contribution in [3.63, 3.8) is 0 Å². The molecule has 4 aliphatic rings. The number of hydrogen-bond donors (Lipinski definition) is 0. The minimum atomic E-state index is -0.514. The summed E-state index contributed by atoms with van der Waals surface area (Å²) >= 11 is 0. The van der Waals surface area contributed by atoms with Gasteiger partial charge < -0.3 is 0 Å². The van der Waals surface area contributed by atoms with Gasteiger partial charge >= 0.3 is 6.03 Å². The van der Waals surface area contributed by atoms with Gasteiger partial charge in [0.1, 0.15) is 6.67 Å². The first-order valence-corrected chi connectivity index (χ1v) is 8.23. The molecule has 1 aromatic heterocycles. The van der Waals surface area contributed by atoms with Crippen LogP contribution in [0.15, 0.2) is 72.5 Å². The van der Waals surface area contributed by atoms with E-state index in [0.29, 0.717) is 18.0 Å². The number of para-hydroxylation sites is 1. The first-order valence-electron chi connectivity index (χ1n) is 8.23. The minimum Gasteiger partial charge on any atom is -0.269 e. The van der Waals surface area contributed by atoms with E-state index in [2.05, 4.69) is 34.9 Å². The lowest BCUT2D eigenvalue weighted by Crippen LogP contribution is -2.26. The van der Waals surface area contributed by atoms with Crippen LogP contribution in [0.5, 0.6) is 0 Å². The number of nitrogens with zero attached hydrogens (tertiary/aromatic N) is 7. The molecule has 2 aromatic rings. The number of urea groups is 1. The molecule has 0 bridgehead atoms. The second-order valence-corrected chi connectivity index (χ2v) is 5.85. The number of carbonyl (C=O) groups is 1. The third-order valence-electron chi connectivity index (χ3n) is 4.22. The summed E-state index contributed by atoms with van der Waals surface area (Å²) < 4.78 is 0. The maximum atomic E-state index is 10.9. The number of hydrogen-bond acceptors (Lipinski definition) is 6. The maximum absolute atomic E-state index is 10.9. The second-order valence-electron chi connectivity index (χ2n) is 5.85. The molecule has 5 heterocycles. The Morgan fingerprint density at radius 3 is 2.63 bits per heavy atom. The Hall–Kier alpha value is -3.94. The fourth-order valence-corrected chi connectivity index (χ4v) is 3.01. The Kier molecular flexibility index (Phi) is 3.46. The Morgan fingerprint density at radius 2 is 1.67 bits per heavy atom. The predicted octanol–water partition coefficient (Wildman–Crippen LogP) is -0.621. The van der Waals surface area contributed by atoms with Gasteiger partial charge in [-0.2, -0.15) is 9.98 Å². The first-order chi connectivity index (χ1) is 13.3. The van der Waals surface area contributed by atoms with Gasteiger partial charge in [0.05, 0.1) is 5.36 Å². The number of aromatic nitrogens is 1. The van der Waals surface area contributed by atoms with Crippen molar-refractivity contribution in [2.24, 2.45) is 30.0 Å². The van der Waals surface area contributed by atoms with Gasteiger partial charge in [-0.15, -0.1) is 0 Å². The van der Waals surface area contributed by atoms with Gasteiger partial charge in [-0.3, -0.25) is 4.99 Å². The largest absolute Gasteiger partial charge is 0.369 e. The molecular formula is C19H11N7O. The smallest absolute Gasteiger partial charge is 0.269 e. The van der Waals surface area contributed by atoms with Crippen molar-refractivity contribution in [2.75, 3.05) is 6.67 Å². The molecule has 0 N–H and O–H groups in total. The number of amides is 2. The van der Waals surface area contributed by atoms with Gasteiger partial charge in [-0.25, -0.2) is 24.8 Å². The summed E-state index contributed by atoms with van der Waals surface area (Å²) in [7, 11) is 0. The number of rotatable bonds is 0. The summed E-state index contributed by atoms with van der Waals surface area (Å²) in [6.45, 7) is 0.510. The van der Waals surface area contributed by atoms with E-state index in [1.165, 1.54) is 6.21 Å². The second kappa shape index (κ2) is 6.10. The van der Waals surface area contributed by atoms with Crippen molar-refractivity contribution in [1.29, 1.82) is 0 Å². The molecule has 1 aromatic carbocycles. The first kappa shape index (κ1) is 15.3. The SMILES string of the molecule is C1=NCN=C2N=c3ccccc3=C12.O=C1N=CC2=c3cccnc3=NC2=N1. The van der Waals surface area contributed by atoms with E-state index >= 15 is 0 Å². The number of carbonyl (C=O) groups excluding carboxylic acids is 1. The Morgan fingerprint density at radius 1 is 0.815 bits per heavy atom. The van der Waals surface area contributed by atoms with E-state index in [4.69, 9.17) is 0 Å². The summed E-state index contributed by atoms with van der Waals surface area (Å²) in [5.74, 6) is 1.25. The number of pyridine rings is 1. The van der Waals surface area contributed by atoms with E-state index < -0.39 is 6.03 Å². The zero-order valence-corrected chi connectivity index (χ0v) is 13.9. The maximum Gasteiger partial charge on any atom is 0.369 e. The van der Waals surface area contributed by atoms with E-state index in [-0.39, 0.29) is 0 Å². The lowest BCUT2D eigenvalue weighted by Gasteiger charge is -2.00. The Labute approximate surface area is 152 Å². The number of benzene rings is 1. The van der Waals surface area contributed by atoms with Gasteiger partial charge in [0.2, 0.25) is 0 Å². The van der Waals surface area contributed by atoms with Gasteiger partial charge in [-0.05, 0) is 18.2 Å². The molecule has 0 saturated carbocycles. The van der Waals surface area contributed by atoms with Gasteiger partial charge in [0.25, 0.3) is 0 Å². The van der Waals surface area contributed by atoms with Crippen molar-refractivity contribution in [3.8, 4) is 0 Å². The van der Waals surface area contributed by atoms with Gasteiger partial charge in [0, 0.05) is 40.2 Å². The fraction of sp³-hybridized carbons (Fsp3) is 0.0526. The number of fused-ring (bicyclic) bond motifs is 4. The van der Waals surface area contributed by atoms with E-state index in [0.717, 1.165) is 32.8 Å². The zero-order chi connectivity index (χ0) is 18.2. The monoisotopic (exact) mass is 353 g/mol. The summed E-state index contributed by atoms with van der Waals surface area (Å²) in [5.41, 5.74) is 2.43. The molecule has 4 aliphatic heterocycles. The van der Waals surface area contributed by atoms with E-state index in [1.807, 2.05) is 42.6 Å². The molecule has 8 heteroatoms. The van der Waals surface area contributed by atoms with Crippen LogP contribution in [0, 0.1) is 0 Å². The zero-order valence-electron chi connectivity index (χ0n) is 13.9. The lowest BCUT2D eigenvalue weighted by atomic mass is 10.2. The molecule has 0 fully saturated rings. The molecule has 0 spiro atoms. The topological polar surface area (TPSA) is 104 Å². The van der Waals surface area contributed by atoms with Crippen molar-refractivity contribution < 1.29 is 4.79 Å². The molecule has 8 nitrogen and oxygen atoms in total. The summed E-state index contributed by atoms with van der Waals surface area (Å²) in [4.78, 5) is 39.1. The summed E-state index contributed by atoms with van der Waals surface area (Å²) in [5, 5.41) is 3.02. The minimum absolute atomic E-state index is 0.415. The summed E-state index contributed by atoms with van der Waals surface area (Å²) in [6.07, 6.45) is 5.00. The Balaban J connectivity index is 0.000000119. The quantitative estimate of drug-likeness (QED) is 0.630. The highest BCUT2D eigenvalue weighted by Crippen LogP contribution is 2.06. The normalized spacial score (nSPS) is 17.4. The highest BCUT2D eigenvalue weighted by atomic mass is 16.2. The van der Waals surface area contributed by atoms with Crippen LogP contribution < -0.4 is 21.3 Å². The van der Waals surface area contributed by atoms with E-state index in [1.54, 1.807) is 6.20 Å². The average Bonchev–Trinajstić information content (AvgIpc) is 3.26. The van der Waals surface area contributed by atoms with Crippen LogP contribution in [-0.4, -0.2) is 41.8 Å². The average molecular weight is 353 g/mol. The van der Waals surface area contributed by atoms with Crippen molar-refractivity contribution in [3.05, 3.63) is 63.9 Å². The van der Waals surface area contributed by atoms with Gasteiger partial charge in [0.15, 0.2) is 17.2 Å². The van der Waals surface area contributed by atoms with Gasteiger partial charge in [-0.1, -0.05) is 18.2 Å². The number of aliphatic imine (C=N–C) groups is 4. The molecule has 0 saturated heterocycles. The third kappa shape index (κ3) is 2.63. The molecule has 0 radical (unpaired) electrons. The molecule has 2 amide bonds. The molecule has 0 unspecified atom stereocenters. The van der Waals surface area contributed by atoms with Crippen LogP contribution in [0.3, 0.4) is 0 Å². The van der Waals surface area contributed by atoms with Crippen LogP contribution in [0.1, 0.15) is 0 Å². The van der Waals surface area contributed by atoms with Crippen LogP contribution in [-0.2, 0) is 0 Å². The highest BCUT2D eigenvalue weighted by Gasteiger charge is 2.18. The summed E-state index contributed by atoms with van der Waals surface area (Å²) in [6, 6.07) is 11.2. The third-order valence-corrected chi connectivity index (χ3v) is 4.22. The molecule has 128 valence electrons. The fourth-order valence-electron chi connectivity index (χ4n) is 3.01.